The van der Waals surface area contributed by atoms with Gasteiger partial charge < -0.3 is 0 Å². The Hall–Kier alpha value is -1.48. The highest BCUT2D eigenvalue weighted by atomic mass is 35.5. The van der Waals surface area contributed by atoms with E-state index in [4.69, 9.17) is 11.6 Å². The van der Waals surface area contributed by atoms with Gasteiger partial charge in [-0.3, -0.25) is 0 Å². The summed E-state index contributed by atoms with van der Waals surface area (Å²) >= 11 is 5.63. The average molecular weight is 192 g/mol. The van der Waals surface area contributed by atoms with Crippen molar-refractivity contribution in [3.05, 3.63) is 41.9 Å². The highest BCUT2D eigenvalue weighted by molar-refractivity contribution is 6.28. The largest absolute Gasteiger partial charge is 0.225 e. The number of hydrogen-bond acceptors (Lipinski definition) is 3. The Morgan fingerprint density at radius 2 is 1.77 bits per heavy atom. The molecule has 13 heavy (non-hydrogen) atoms. The van der Waals surface area contributed by atoms with Crippen molar-refractivity contribution in [2.45, 2.75) is 0 Å². The van der Waals surface area contributed by atoms with E-state index >= 15 is 0 Å². The highest BCUT2D eigenvalue weighted by Crippen LogP contribution is 2.13. The second-order valence-corrected chi connectivity index (χ2v) is 2.78. The Bertz CT molecular complexity index is 403. The Balaban J connectivity index is 2.48. The molecule has 0 aliphatic rings. The van der Waals surface area contributed by atoms with Crippen LogP contribution in [0.25, 0.3) is 11.4 Å². The summed E-state index contributed by atoms with van der Waals surface area (Å²) in [5.41, 5.74) is 0.937. The smallest absolute Gasteiger partial charge is 0.216 e. The lowest BCUT2D eigenvalue weighted by Crippen LogP contribution is -1.90. The van der Waals surface area contributed by atoms with Crippen molar-refractivity contribution in [3.8, 4) is 11.4 Å². The standard InChI is InChI=1S/C9H6ClN3/c10-9-12-6-11-8(13-9)7-4-2-1-3-5-7/h1-6H. The Morgan fingerprint density at radius 3 is 2.46 bits per heavy atom. The van der Waals surface area contributed by atoms with Crippen molar-refractivity contribution < 1.29 is 0 Å². The molecule has 0 fully saturated rings. The quantitative estimate of drug-likeness (QED) is 0.694. The van der Waals surface area contributed by atoms with Crippen LogP contribution in [0.3, 0.4) is 0 Å². The van der Waals surface area contributed by atoms with Gasteiger partial charge in [-0.05, 0) is 11.6 Å². The van der Waals surface area contributed by atoms with Crippen molar-refractivity contribution in [3.63, 3.8) is 0 Å². The van der Waals surface area contributed by atoms with Crippen molar-refractivity contribution >= 4 is 11.6 Å². The number of nitrogens with zero attached hydrogens (tertiary/aromatic N) is 3. The first-order valence-electron chi connectivity index (χ1n) is 3.76. The lowest BCUT2D eigenvalue weighted by Gasteiger charge is -1.97. The molecule has 0 atom stereocenters. The van der Waals surface area contributed by atoms with Crippen molar-refractivity contribution in [2.24, 2.45) is 0 Å². The number of hydrogen-bond donors (Lipinski definition) is 0. The first-order chi connectivity index (χ1) is 6.36. The van der Waals surface area contributed by atoms with E-state index < -0.39 is 0 Å². The maximum Gasteiger partial charge on any atom is 0.225 e. The molecule has 0 radical (unpaired) electrons. The predicted molar refractivity (Wildman–Crippen MR) is 50.3 cm³/mol. The molecule has 0 N–H and O–H groups in total. The van der Waals surface area contributed by atoms with Gasteiger partial charge in [-0.15, -0.1) is 0 Å². The fourth-order valence-electron chi connectivity index (χ4n) is 1.00. The third-order valence-corrected chi connectivity index (χ3v) is 1.76. The minimum atomic E-state index is 0.217. The SMILES string of the molecule is Clc1ncnc(-c2ccccc2)n1. The monoisotopic (exact) mass is 191 g/mol. The fraction of sp³-hybridized carbons (Fsp3) is 0. The Morgan fingerprint density at radius 1 is 1.00 bits per heavy atom. The van der Waals surface area contributed by atoms with Crippen molar-refractivity contribution in [1.82, 2.24) is 15.0 Å². The van der Waals surface area contributed by atoms with E-state index in [0.717, 1.165) is 5.56 Å². The topological polar surface area (TPSA) is 38.7 Å². The minimum Gasteiger partial charge on any atom is -0.216 e. The molecule has 0 spiro atoms. The van der Waals surface area contributed by atoms with E-state index in [1.807, 2.05) is 30.3 Å². The minimum absolute atomic E-state index is 0.217. The summed E-state index contributed by atoms with van der Waals surface area (Å²) in [6, 6.07) is 9.63. The van der Waals surface area contributed by atoms with Gasteiger partial charge in [0.25, 0.3) is 0 Å². The predicted octanol–water partition coefficient (Wildman–Crippen LogP) is 2.19. The van der Waals surface area contributed by atoms with Gasteiger partial charge in [0.15, 0.2) is 5.82 Å². The van der Waals surface area contributed by atoms with Gasteiger partial charge in [-0.1, -0.05) is 30.3 Å². The molecule has 0 saturated carbocycles. The second-order valence-electron chi connectivity index (χ2n) is 2.44. The van der Waals surface area contributed by atoms with Crippen LogP contribution in [0, 0.1) is 0 Å². The molecule has 64 valence electrons. The third kappa shape index (κ3) is 1.81. The fourth-order valence-corrected chi connectivity index (χ4v) is 1.13. The lowest BCUT2D eigenvalue weighted by atomic mass is 10.2. The van der Waals surface area contributed by atoms with E-state index in [1.165, 1.54) is 6.33 Å². The third-order valence-electron chi connectivity index (χ3n) is 1.57. The van der Waals surface area contributed by atoms with E-state index in [0.29, 0.717) is 5.82 Å². The molecule has 0 aliphatic carbocycles. The molecule has 1 aromatic carbocycles. The van der Waals surface area contributed by atoms with Gasteiger partial charge in [-0.25, -0.2) is 9.97 Å². The molecule has 2 aromatic rings. The summed E-state index contributed by atoms with van der Waals surface area (Å²) in [6.07, 6.45) is 1.40. The van der Waals surface area contributed by atoms with Gasteiger partial charge >= 0.3 is 0 Å². The molecule has 0 bridgehead atoms. The van der Waals surface area contributed by atoms with Crippen LogP contribution >= 0.6 is 11.6 Å². The van der Waals surface area contributed by atoms with Crippen molar-refractivity contribution in [2.75, 3.05) is 0 Å². The molecule has 0 unspecified atom stereocenters. The molecule has 0 saturated heterocycles. The van der Waals surface area contributed by atoms with E-state index in [-0.39, 0.29) is 5.28 Å². The number of halogens is 1. The first-order valence-corrected chi connectivity index (χ1v) is 4.14. The summed E-state index contributed by atoms with van der Waals surface area (Å²) < 4.78 is 0. The second kappa shape index (κ2) is 3.49. The van der Waals surface area contributed by atoms with E-state index in [1.54, 1.807) is 0 Å². The molecule has 3 nitrogen and oxygen atoms in total. The summed E-state index contributed by atoms with van der Waals surface area (Å²) in [5, 5.41) is 0.217. The van der Waals surface area contributed by atoms with Crippen LogP contribution in [-0.2, 0) is 0 Å². The van der Waals surface area contributed by atoms with E-state index in [2.05, 4.69) is 15.0 Å². The maximum atomic E-state index is 5.63. The summed E-state index contributed by atoms with van der Waals surface area (Å²) in [7, 11) is 0. The number of aromatic nitrogens is 3. The zero-order valence-electron chi connectivity index (χ0n) is 6.68. The maximum absolute atomic E-state index is 5.63. The van der Waals surface area contributed by atoms with Crippen LogP contribution < -0.4 is 0 Å². The average Bonchev–Trinajstić information content (AvgIpc) is 2.19. The van der Waals surface area contributed by atoms with Gasteiger partial charge in [0, 0.05) is 5.56 Å². The first kappa shape index (κ1) is 8.13. The van der Waals surface area contributed by atoms with Crippen LogP contribution in [0.4, 0.5) is 0 Å². The number of rotatable bonds is 1. The summed E-state index contributed by atoms with van der Waals surface area (Å²) in [5.74, 6) is 0.598. The number of benzene rings is 1. The Kier molecular flexibility index (Phi) is 2.19. The van der Waals surface area contributed by atoms with Crippen LogP contribution in [-0.4, -0.2) is 15.0 Å². The van der Waals surface area contributed by atoms with Gasteiger partial charge in [0.05, 0.1) is 0 Å². The van der Waals surface area contributed by atoms with Crippen LogP contribution in [0.1, 0.15) is 0 Å². The van der Waals surface area contributed by atoms with Crippen molar-refractivity contribution in [1.29, 1.82) is 0 Å². The zero-order valence-corrected chi connectivity index (χ0v) is 7.44. The Labute approximate surface area is 80.5 Å². The lowest BCUT2D eigenvalue weighted by molar-refractivity contribution is 1.06. The highest BCUT2D eigenvalue weighted by Gasteiger charge is 1.99. The summed E-state index contributed by atoms with van der Waals surface area (Å²) in [6.45, 7) is 0. The summed E-state index contributed by atoms with van der Waals surface area (Å²) in [4.78, 5) is 11.7. The molecule has 1 heterocycles. The van der Waals surface area contributed by atoms with Gasteiger partial charge in [0.2, 0.25) is 5.28 Å². The van der Waals surface area contributed by atoms with Crippen LogP contribution in [0.2, 0.25) is 5.28 Å². The van der Waals surface area contributed by atoms with Crippen LogP contribution in [0.15, 0.2) is 36.7 Å². The molecule has 1 aromatic heterocycles. The molecule has 0 amide bonds. The zero-order chi connectivity index (χ0) is 9.10. The van der Waals surface area contributed by atoms with E-state index in [9.17, 15) is 0 Å². The molecule has 2 rings (SSSR count). The molecule has 4 heteroatoms. The normalized spacial score (nSPS) is 9.92. The van der Waals surface area contributed by atoms with Crippen LogP contribution in [0.5, 0.6) is 0 Å². The van der Waals surface area contributed by atoms with Gasteiger partial charge in [0.1, 0.15) is 6.33 Å². The van der Waals surface area contributed by atoms with Gasteiger partial charge in [-0.2, -0.15) is 4.98 Å². The molecular formula is C9H6ClN3. The molecular weight excluding hydrogens is 186 g/mol. The molecule has 0 aliphatic heterocycles.